The highest BCUT2D eigenvalue weighted by Crippen LogP contribution is 2.26. The molecule has 2 heterocycles. The number of hydrogen-bond donors (Lipinski definition) is 2. The summed E-state index contributed by atoms with van der Waals surface area (Å²) in [5.41, 5.74) is 1.29. The van der Waals surface area contributed by atoms with Crippen LogP contribution in [-0.2, 0) is 11.3 Å². The molecule has 1 aliphatic carbocycles. The molecule has 4 rings (SSSR count). The maximum absolute atomic E-state index is 14.5. The summed E-state index contributed by atoms with van der Waals surface area (Å²) < 4.78 is 16.1. The highest BCUT2D eigenvalue weighted by Gasteiger charge is 2.31. The van der Waals surface area contributed by atoms with Gasteiger partial charge in [-0.3, -0.25) is 9.79 Å². The fourth-order valence-corrected chi connectivity index (χ4v) is 4.53. The van der Waals surface area contributed by atoms with E-state index in [1.54, 1.807) is 36.4 Å². The lowest BCUT2D eigenvalue weighted by Crippen LogP contribution is -2.45. The average Bonchev–Trinajstić information content (AvgIpc) is 3.49. The van der Waals surface area contributed by atoms with E-state index in [1.165, 1.54) is 25.3 Å². The van der Waals surface area contributed by atoms with Crippen LogP contribution < -0.4 is 10.6 Å². The van der Waals surface area contributed by atoms with E-state index in [0.29, 0.717) is 30.6 Å². The number of hydrogen-bond acceptors (Lipinski definition) is 3. The molecule has 9 heteroatoms. The Kier molecular flexibility index (Phi) is 8.89. The Morgan fingerprint density at radius 2 is 2.06 bits per heavy atom. The minimum atomic E-state index is -0.298. The van der Waals surface area contributed by atoms with Gasteiger partial charge in [0, 0.05) is 51.0 Å². The largest absolute Gasteiger partial charge is 0.352 e. The predicted molar refractivity (Wildman–Crippen MR) is 134 cm³/mol. The van der Waals surface area contributed by atoms with Crippen molar-refractivity contribution in [2.75, 3.05) is 20.1 Å². The number of nitrogens with zero attached hydrogens (tertiary/aromatic N) is 4. The third-order valence-corrected chi connectivity index (χ3v) is 6.27. The number of rotatable bonds is 5. The van der Waals surface area contributed by atoms with Crippen LogP contribution in [0.15, 0.2) is 41.9 Å². The summed E-state index contributed by atoms with van der Waals surface area (Å²) in [6.45, 7) is 1.97. The molecule has 1 saturated heterocycles. The quantitative estimate of drug-likeness (QED) is 0.338. The Morgan fingerprint density at radius 3 is 2.75 bits per heavy atom. The zero-order valence-electron chi connectivity index (χ0n) is 18.5. The van der Waals surface area contributed by atoms with E-state index in [2.05, 4.69) is 20.6 Å². The van der Waals surface area contributed by atoms with Crippen LogP contribution in [0.2, 0.25) is 0 Å². The van der Waals surface area contributed by atoms with Crippen LogP contribution in [0.5, 0.6) is 0 Å². The predicted octanol–water partition coefficient (Wildman–Crippen LogP) is 3.48. The maximum Gasteiger partial charge on any atom is 0.225 e. The molecule has 1 aromatic carbocycles. The van der Waals surface area contributed by atoms with E-state index < -0.39 is 0 Å². The molecule has 2 N–H and O–H groups in total. The number of carbonyl (C=O) groups is 1. The highest BCUT2D eigenvalue weighted by molar-refractivity contribution is 14.0. The van der Waals surface area contributed by atoms with E-state index in [0.717, 1.165) is 31.4 Å². The van der Waals surface area contributed by atoms with Crippen LogP contribution >= 0.6 is 24.0 Å². The maximum atomic E-state index is 14.5. The summed E-state index contributed by atoms with van der Waals surface area (Å²) >= 11 is 0. The Labute approximate surface area is 205 Å². The van der Waals surface area contributed by atoms with Crippen LogP contribution in [0.3, 0.4) is 0 Å². The Balaban J connectivity index is 0.00000289. The fraction of sp³-hybridized carbons (Fsp3) is 0.522. The van der Waals surface area contributed by atoms with Gasteiger partial charge in [0.1, 0.15) is 5.82 Å². The van der Waals surface area contributed by atoms with E-state index in [1.807, 2.05) is 11.0 Å². The first-order valence-electron chi connectivity index (χ1n) is 11.2. The molecule has 1 atom stereocenters. The molecular formula is C23H32FIN6O. The van der Waals surface area contributed by atoms with Crippen molar-refractivity contribution in [3.8, 4) is 5.69 Å². The third kappa shape index (κ3) is 5.99. The van der Waals surface area contributed by atoms with E-state index in [9.17, 15) is 9.18 Å². The van der Waals surface area contributed by atoms with Gasteiger partial charge in [-0.15, -0.1) is 24.0 Å². The van der Waals surface area contributed by atoms with Crippen LogP contribution in [0, 0.1) is 11.7 Å². The number of aliphatic imine (C=N–C) groups is 1. The molecule has 1 saturated carbocycles. The minimum Gasteiger partial charge on any atom is -0.352 e. The number of amides is 1. The highest BCUT2D eigenvalue weighted by atomic mass is 127. The molecule has 1 unspecified atom stereocenters. The van der Waals surface area contributed by atoms with Gasteiger partial charge in [-0.1, -0.05) is 25.3 Å². The molecule has 174 valence electrons. The zero-order chi connectivity index (χ0) is 21.6. The fourth-order valence-electron chi connectivity index (χ4n) is 4.53. The van der Waals surface area contributed by atoms with Gasteiger partial charge in [0.05, 0.1) is 12.0 Å². The van der Waals surface area contributed by atoms with E-state index in [4.69, 9.17) is 0 Å². The lowest BCUT2D eigenvalue weighted by molar-refractivity contribution is -0.135. The molecule has 0 spiro atoms. The van der Waals surface area contributed by atoms with Crippen molar-refractivity contribution in [3.63, 3.8) is 0 Å². The summed E-state index contributed by atoms with van der Waals surface area (Å²) in [5, 5.41) is 6.66. The van der Waals surface area contributed by atoms with Crippen molar-refractivity contribution in [2.45, 2.75) is 51.1 Å². The smallest absolute Gasteiger partial charge is 0.225 e. The number of nitrogens with one attached hydrogen (secondary N) is 2. The lowest BCUT2D eigenvalue weighted by atomic mass is 9.88. The van der Waals surface area contributed by atoms with Gasteiger partial charge in [-0.05, 0) is 37.0 Å². The van der Waals surface area contributed by atoms with Gasteiger partial charge in [-0.25, -0.2) is 9.37 Å². The summed E-state index contributed by atoms with van der Waals surface area (Å²) in [6.07, 6.45) is 11.5. The molecule has 2 aromatic rings. The molecule has 0 radical (unpaired) electrons. The topological polar surface area (TPSA) is 74.6 Å². The van der Waals surface area contributed by atoms with Gasteiger partial charge < -0.3 is 20.1 Å². The number of imidazole rings is 1. The van der Waals surface area contributed by atoms with Crippen LogP contribution in [-0.4, -0.2) is 52.5 Å². The van der Waals surface area contributed by atoms with Crippen LogP contribution in [0.1, 0.15) is 44.1 Å². The third-order valence-electron chi connectivity index (χ3n) is 6.27. The summed E-state index contributed by atoms with van der Waals surface area (Å²) in [5.74, 6) is 0.898. The molecule has 2 aliphatic rings. The van der Waals surface area contributed by atoms with Gasteiger partial charge in [0.25, 0.3) is 0 Å². The summed E-state index contributed by atoms with van der Waals surface area (Å²) in [6, 6.07) is 5.34. The number of guanidine groups is 1. The average molecular weight is 554 g/mol. The first-order valence-corrected chi connectivity index (χ1v) is 11.2. The van der Waals surface area contributed by atoms with E-state index in [-0.39, 0.29) is 41.8 Å². The molecule has 0 bridgehead atoms. The Hall–Kier alpha value is -2.17. The van der Waals surface area contributed by atoms with Crippen molar-refractivity contribution in [3.05, 3.63) is 48.3 Å². The number of benzene rings is 1. The summed E-state index contributed by atoms with van der Waals surface area (Å²) in [7, 11) is 1.72. The van der Waals surface area contributed by atoms with Gasteiger partial charge in [-0.2, -0.15) is 0 Å². The van der Waals surface area contributed by atoms with Crippen molar-refractivity contribution in [2.24, 2.45) is 10.9 Å². The number of carbonyl (C=O) groups excluding carboxylic acids is 1. The molecule has 7 nitrogen and oxygen atoms in total. The molecule has 2 fully saturated rings. The van der Waals surface area contributed by atoms with Crippen molar-refractivity contribution < 1.29 is 9.18 Å². The second kappa shape index (κ2) is 11.6. The summed E-state index contributed by atoms with van der Waals surface area (Å²) in [4.78, 5) is 23.0. The molecular weight excluding hydrogens is 522 g/mol. The second-order valence-electron chi connectivity index (χ2n) is 8.43. The first-order chi connectivity index (χ1) is 15.1. The van der Waals surface area contributed by atoms with Gasteiger partial charge >= 0.3 is 0 Å². The number of aromatic nitrogens is 2. The van der Waals surface area contributed by atoms with Crippen LogP contribution in [0.4, 0.5) is 4.39 Å². The minimum absolute atomic E-state index is 0. The Bertz CT molecular complexity index is 913. The normalized spacial score (nSPS) is 19.5. The van der Waals surface area contributed by atoms with E-state index >= 15 is 0 Å². The number of halogens is 2. The van der Waals surface area contributed by atoms with Gasteiger partial charge in [0.15, 0.2) is 5.96 Å². The Morgan fingerprint density at radius 1 is 1.25 bits per heavy atom. The standard InChI is InChI=1S/C23H31FN6O.HI/c1-25-23(27-14-17-7-8-21(20(24)13-17)30-12-10-26-16-30)28-19-9-11-29(15-19)22(31)18-5-3-2-4-6-18;/h7-8,10,12-13,16,18-19H,2-6,9,11,14-15H2,1H3,(H2,25,27,28);1H. The lowest BCUT2D eigenvalue weighted by Gasteiger charge is -2.26. The molecule has 1 aliphatic heterocycles. The number of likely N-dealkylation sites (tertiary alicyclic amines) is 1. The SMILES string of the molecule is CN=C(NCc1ccc(-n2ccnc2)c(F)c1)NC1CCN(C(=O)C2CCCCC2)C1.I. The monoisotopic (exact) mass is 554 g/mol. The van der Waals surface area contributed by atoms with Crippen LogP contribution in [0.25, 0.3) is 5.69 Å². The second-order valence-corrected chi connectivity index (χ2v) is 8.43. The van der Waals surface area contributed by atoms with Crippen molar-refractivity contribution >= 4 is 35.8 Å². The molecule has 1 aromatic heterocycles. The first kappa shape index (κ1) is 24.5. The molecule has 32 heavy (non-hydrogen) atoms. The van der Waals surface area contributed by atoms with Crippen molar-refractivity contribution in [1.82, 2.24) is 25.1 Å². The zero-order valence-corrected chi connectivity index (χ0v) is 20.8. The van der Waals surface area contributed by atoms with Gasteiger partial charge in [0.2, 0.25) is 5.91 Å². The molecule has 1 amide bonds. The van der Waals surface area contributed by atoms with Crippen molar-refractivity contribution in [1.29, 1.82) is 0 Å².